The summed E-state index contributed by atoms with van der Waals surface area (Å²) in [6.07, 6.45) is 1.86. The van der Waals surface area contributed by atoms with E-state index in [2.05, 4.69) is 60.3 Å². The molecule has 6 nitrogen and oxygen atoms in total. The minimum atomic E-state index is -0.128. The van der Waals surface area contributed by atoms with Gasteiger partial charge in [0.25, 0.3) is 0 Å². The average molecular weight is 468 g/mol. The smallest absolute Gasteiger partial charge is 0.223 e. The van der Waals surface area contributed by atoms with Crippen molar-refractivity contribution in [2.45, 2.75) is 34.7 Å². The van der Waals surface area contributed by atoms with Crippen molar-refractivity contribution in [1.82, 2.24) is 19.1 Å². The Balaban J connectivity index is 0.00000256. The fourth-order valence-corrected chi connectivity index (χ4v) is 3.94. The van der Waals surface area contributed by atoms with E-state index in [1.54, 1.807) is 0 Å². The molecule has 0 unspecified atom stereocenters. The molecule has 4 rings (SSSR count). The van der Waals surface area contributed by atoms with E-state index in [-0.39, 0.29) is 13.3 Å². The Morgan fingerprint density at radius 1 is 1.17 bits per heavy atom. The van der Waals surface area contributed by atoms with E-state index in [4.69, 9.17) is 0 Å². The van der Waals surface area contributed by atoms with Crippen LogP contribution >= 0.6 is 15.9 Å². The Bertz CT molecular complexity index is 1180. The van der Waals surface area contributed by atoms with Crippen molar-refractivity contribution in [2.24, 2.45) is 5.92 Å². The first-order valence-corrected chi connectivity index (χ1v) is 10.3. The van der Waals surface area contributed by atoms with Crippen LogP contribution < -0.4 is 5.32 Å². The second-order valence-electron chi connectivity index (χ2n) is 7.41. The molecule has 0 aliphatic rings. The molecule has 0 atom stereocenters. The van der Waals surface area contributed by atoms with Gasteiger partial charge in [-0.3, -0.25) is 14.7 Å². The molecule has 0 saturated heterocycles. The van der Waals surface area contributed by atoms with Crippen LogP contribution in [0.15, 0.2) is 59.5 Å². The van der Waals surface area contributed by atoms with Crippen LogP contribution in [0.5, 0.6) is 0 Å². The second kappa shape index (κ2) is 8.83. The molecule has 0 fully saturated rings. The van der Waals surface area contributed by atoms with Gasteiger partial charge in [0.2, 0.25) is 11.9 Å². The molecule has 2 aromatic carbocycles. The summed E-state index contributed by atoms with van der Waals surface area (Å²) in [4.78, 5) is 20.7. The zero-order chi connectivity index (χ0) is 20.5. The fourth-order valence-electron chi connectivity index (χ4n) is 3.44. The van der Waals surface area contributed by atoms with Gasteiger partial charge in [0.1, 0.15) is 0 Å². The van der Waals surface area contributed by atoms with Crippen molar-refractivity contribution in [3.05, 3.63) is 59.5 Å². The zero-order valence-electron chi connectivity index (χ0n) is 16.6. The monoisotopic (exact) mass is 467 g/mol. The molecule has 0 spiro atoms. The number of anilines is 1. The molecule has 4 aromatic rings. The van der Waals surface area contributed by atoms with Gasteiger partial charge in [-0.2, -0.15) is 0 Å². The molecular formula is C23H26BrN5O. The summed E-state index contributed by atoms with van der Waals surface area (Å²) in [5.41, 5.74) is 4.86. The molecule has 30 heavy (non-hydrogen) atoms. The number of benzene rings is 2. The van der Waals surface area contributed by atoms with Gasteiger partial charge in [-0.05, 0) is 46.1 Å². The molecule has 0 aliphatic carbocycles. The van der Waals surface area contributed by atoms with E-state index >= 15 is 0 Å². The van der Waals surface area contributed by atoms with E-state index in [1.807, 2.05) is 48.7 Å². The summed E-state index contributed by atoms with van der Waals surface area (Å²) in [5.74, 6) is 0.861. The number of amides is 1. The highest BCUT2D eigenvalue weighted by Gasteiger charge is 2.16. The van der Waals surface area contributed by atoms with Gasteiger partial charge >= 0.3 is 0 Å². The van der Waals surface area contributed by atoms with Gasteiger partial charge in [0.05, 0.1) is 22.9 Å². The van der Waals surface area contributed by atoms with Crippen LogP contribution in [0.3, 0.4) is 0 Å². The standard InChI is InChI=1S/C22H22BrN5O.CH4/c1-14(2)13-27-19-11-16(9-10-18(19)26-22(27)25-15(3)29)20-12-24-21(23)28(20)17-7-5-4-6-8-17;/h4-12,14H,13H2,1-3H3,(H,25,26,29);1H4. The summed E-state index contributed by atoms with van der Waals surface area (Å²) in [7, 11) is 0. The van der Waals surface area contributed by atoms with Gasteiger partial charge in [-0.25, -0.2) is 9.97 Å². The molecule has 0 aliphatic heterocycles. The molecule has 1 N–H and O–H groups in total. The van der Waals surface area contributed by atoms with Gasteiger partial charge < -0.3 is 4.57 Å². The van der Waals surface area contributed by atoms with E-state index in [0.29, 0.717) is 11.9 Å². The van der Waals surface area contributed by atoms with Crippen molar-refractivity contribution in [3.63, 3.8) is 0 Å². The van der Waals surface area contributed by atoms with Crippen LogP contribution in [-0.2, 0) is 11.3 Å². The Kier molecular flexibility index (Phi) is 6.41. The average Bonchev–Trinajstić information content (AvgIpc) is 3.22. The third-order valence-electron chi connectivity index (χ3n) is 4.61. The van der Waals surface area contributed by atoms with E-state index in [9.17, 15) is 4.79 Å². The van der Waals surface area contributed by atoms with Crippen molar-refractivity contribution in [3.8, 4) is 16.9 Å². The number of rotatable bonds is 5. The maximum atomic E-state index is 11.6. The fraction of sp³-hybridized carbons (Fsp3) is 0.261. The highest BCUT2D eigenvalue weighted by atomic mass is 79.9. The molecule has 2 heterocycles. The number of imidazole rings is 2. The minimum absolute atomic E-state index is 0. The third-order valence-corrected chi connectivity index (χ3v) is 5.17. The van der Waals surface area contributed by atoms with Crippen molar-refractivity contribution >= 4 is 38.8 Å². The predicted molar refractivity (Wildman–Crippen MR) is 126 cm³/mol. The maximum Gasteiger partial charge on any atom is 0.223 e. The van der Waals surface area contributed by atoms with Crippen molar-refractivity contribution < 1.29 is 4.79 Å². The Hall–Kier alpha value is -2.93. The van der Waals surface area contributed by atoms with Crippen LogP contribution in [0, 0.1) is 5.92 Å². The summed E-state index contributed by atoms with van der Waals surface area (Å²) < 4.78 is 4.89. The second-order valence-corrected chi connectivity index (χ2v) is 8.12. The van der Waals surface area contributed by atoms with Crippen LogP contribution in [0.1, 0.15) is 28.2 Å². The van der Waals surface area contributed by atoms with Gasteiger partial charge in [-0.1, -0.05) is 45.5 Å². The lowest BCUT2D eigenvalue weighted by molar-refractivity contribution is -0.114. The molecule has 0 saturated carbocycles. The number of nitrogens with one attached hydrogen (secondary N) is 1. The van der Waals surface area contributed by atoms with E-state index in [1.165, 1.54) is 6.92 Å². The lowest BCUT2D eigenvalue weighted by atomic mass is 10.1. The van der Waals surface area contributed by atoms with Crippen LogP contribution in [0.25, 0.3) is 28.0 Å². The van der Waals surface area contributed by atoms with E-state index < -0.39 is 0 Å². The minimum Gasteiger partial charge on any atom is -0.310 e. The van der Waals surface area contributed by atoms with Crippen LogP contribution in [0.4, 0.5) is 5.95 Å². The quantitative estimate of drug-likeness (QED) is 0.397. The molecule has 2 aromatic heterocycles. The first kappa shape index (κ1) is 21.8. The van der Waals surface area contributed by atoms with Crippen LogP contribution in [-0.4, -0.2) is 25.0 Å². The number of fused-ring (bicyclic) bond motifs is 1. The molecular weight excluding hydrogens is 442 g/mol. The van der Waals surface area contributed by atoms with Gasteiger partial charge in [-0.15, -0.1) is 0 Å². The van der Waals surface area contributed by atoms with E-state index in [0.717, 1.165) is 39.3 Å². The van der Waals surface area contributed by atoms with Crippen LogP contribution in [0.2, 0.25) is 0 Å². The number of para-hydroxylation sites is 1. The zero-order valence-corrected chi connectivity index (χ0v) is 18.1. The van der Waals surface area contributed by atoms with Crippen molar-refractivity contribution in [1.29, 1.82) is 0 Å². The highest BCUT2D eigenvalue weighted by Crippen LogP contribution is 2.31. The first-order chi connectivity index (χ1) is 13.9. The number of carbonyl (C=O) groups excluding carboxylic acids is 1. The number of nitrogens with zero attached hydrogens (tertiary/aromatic N) is 4. The molecule has 1 amide bonds. The summed E-state index contributed by atoms with van der Waals surface area (Å²) in [6, 6.07) is 16.2. The first-order valence-electron chi connectivity index (χ1n) is 9.51. The van der Waals surface area contributed by atoms with Crippen molar-refractivity contribution in [2.75, 3.05) is 5.32 Å². The number of hydrogen-bond donors (Lipinski definition) is 1. The maximum absolute atomic E-state index is 11.6. The Labute approximate surface area is 185 Å². The highest BCUT2D eigenvalue weighted by molar-refractivity contribution is 9.10. The summed E-state index contributed by atoms with van der Waals surface area (Å²) in [6.45, 7) is 6.56. The predicted octanol–water partition coefficient (Wildman–Crippen LogP) is 5.90. The normalized spacial score (nSPS) is 11.0. The van der Waals surface area contributed by atoms with Gasteiger partial charge in [0.15, 0.2) is 4.73 Å². The molecule has 156 valence electrons. The topological polar surface area (TPSA) is 64.7 Å². The molecule has 7 heteroatoms. The van der Waals surface area contributed by atoms with Gasteiger partial charge in [0, 0.05) is 24.7 Å². The lowest BCUT2D eigenvalue weighted by Crippen LogP contribution is -2.14. The Morgan fingerprint density at radius 2 is 1.90 bits per heavy atom. The number of carbonyl (C=O) groups is 1. The largest absolute Gasteiger partial charge is 0.310 e. The third kappa shape index (κ3) is 4.16. The SMILES string of the molecule is C.CC(=O)Nc1nc2ccc(-c3cnc(Br)n3-c3ccccc3)cc2n1CC(C)C. The number of hydrogen-bond acceptors (Lipinski definition) is 3. The Morgan fingerprint density at radius 3 is 2.57 bits per heavy atom. The number of halogens is 1. The molecule has 0 radical (unpaired) electrons. The summed E-state index contributed by atoms with van der Waals surface area (Å²) >= 11 is 3.57. The summed E-state index contributed by atoms with van der Waals surface area (Å²) in [5, 5.41) is 2.86. The number of aromatic nitrogens is 4. The molecule has 0 bridgehead atoms. The lowest BCUT2D eigenvalue weighted by Gasteiger charge is -2.13.